The fourth-order valence-electron chi connectivity index (χ4n) is 3.38. The normalized spacial score (nSPS) is 11.3. The number of nitrogens with one attached hydrogen (secondary N) is 1. The molecule has 0 saturated carbocycles. The second-order valence-electron chi connectivity index (χ2n) is 7.32. The van der Waals surface area contributed by atoms with Gasteiger partial charge in [0.05, 0.1) is 18.0 Å². The van der Waals surface area contributed by atoms with Gasteiger partial charge in [-0.05, 0) is 19.9 Å². The number of pyridine rings is 2. The molecule has 7 nitrogen and oxygen atoms in total. The minimum Gasteiger partial charge on any atom is -0.380 e. The Morgan fingerprint density at radius 1 is 1.00 bits per heavy atom. The fraction of sp³-hybridized carbons (Fsp3) is 0.217. The lowest BCUT2D eigenvalue weighted by Gasteiger charge is -2.14. The first kappa shape index (κ1) is 19.7. The van der Waals surface area contributed by atoms with Crippen molar-refractivity contribution in [3.05, 3.63) is 81.0 Å². The van der Waals surface area contributed by atoms with Gasteiger partial charge in [-0.25, -0.2) is 9.97 Å². The van der Waals surface area contributed by atoms with E-state index < -0.39 is 0 Å². The van der Waals surface area contributed by atoms with Crippen molar-refractivity contribution >= 4 is 11.2 Å². The molecule has 0 unspecified atom stereocenters. The van der Waals surface area contributed by atoms with E-state index in [-0.39, 0.29) is 29.2 Å². The monoisotopic (exact) mass is 402 g/mol. The van der Waals surface area contributed by atoms with Crippen LogP contribution in [-0.2, 0) is 11.3 Å². The number of nitrogens with zero attached hydrogens (tertiary/aromatic N) is 3. The van der Waals surface area contributed by atoms with Crippen LogP contribution in [0.25, 0.3) is 33.7 Å². The molecule has 0 fully saturated rings. The molecule has 4 aromatic rings. The summed E-state index contributed by atoms with van der Waals surface area (Å²) in [5.74, 6) is 0. The van der Waals surface area contributed by atoms with Crippen molar-refractivity contribution in [1.29, 1.82) is 0 Å². The third-order valence-electron chi connectivity index (χ3n) is 4.90. The molecular weight excluding hydrogens is 380 g/mol. The van der Waals surface area contributed by atoms with Gasteiger partial charge in [0.25, 0.3) is 5.56 Å². The maximum Gasteiger partial charge on any atom is 0.250 e. The topological polar surface area (TPSA) is 89.9 Å². The highest BCUT2D eigenvalue weighted by Gasteiger charge is 2.17. The van der Waals surface area contributed by atoms with Crippen LogP contribution in [-0.4, -0.2) is 26.6 Å². The van der Waals surface area contributed by atoms with Crippen LogP contribution in [0.1, 0.15) is 25.5 Å². The summed E-state index contributed by atoms with van der Waals surface area (Å²) in [5.41, 5.74) is 3.56. The Labute approximate surface area is 173 Å². The number of rotatable bonds is 5. The predicted octanol–water partition coefficient (Wildman–Crippen LogP) is 3.54. The van der Waals surface area contributed by atoms with Crippen molar-refractivity contribution in [2.45, 2.75) is 26.5 Å². The Morgan fingerprint density at radius 3 is 2.43 bits per heavy atom. The summed E-state index contributed by atoms with van der Waals surface area (Å²) in [4.78, 5) is 37.7. The molecule has 0 aliphatic rings. The average Bonchev–Trinajstić information content (AvgIpc) is 2.76. The SMILES string of the molecule is COCc1c[nH]c2nc(-c3ccccc3)c(-c3ccc(=O)n(C(C)C)c3)nc2c1=O. The number of aromatic amines is 1. The van der Waals surface area contributed by atoms with E-state index in [4.69, 9.17) is 14.7 Å². The third kappa shape index (κ3) is 3.55. The molecule has 0 aliphatic heterocycles. The van der Waals surface area contributed by atoms with Crippen molar-refractivity contribution in [2.75, 3.05) is 7.11 Å². The molecule has 0 amide bonds. The van der Waals surface area contributed by atoms with E-state index in [1.54, 1.807) is 23.0 Å². The Hall–Kier alpha value is -3.58. The number of hydrogen-bond acceptors (Lipinski definition) is 5. The number of methoxy groups -OCH3 is 1. The minimum atomic E-state index is -0.226. The predicted molar refractivity (Wildman–Crippen MR) is 116 cm³/mol. The average molecular weight is 402 g/mol. The van der Waals surface area contributed by atoms with Gasteiger partial charge in [-0.3, -0.25) is 9.59 Å². The van der Waals surface area contributed by atoms with Gasteiger partial charge >= 0.3 is 0 Å². The van der Waals surface area contributed by atoms with Gasteiger partial charge in [-0.2, -0.15) is 0 Å². The summed E-state index contributed by atoms with van der Waals surface area (Å²) in [7, 11) is 1.54. The molecule has 0 spiro atoms. The van der Waals surface area contributed by atoms with Crippen LogP contribution < -0.4 is 11.0 Å². The first-order valence-corrected chi connectivity index (χ1v) is 9.69. The molecule has 0 bridgehead atoms. The van der Waals surface area contributed by atoms with Crippen molar-refractivity contribution < 1.29 is 4.74 Å². The first-order valence-electron chi connectivity index (χ1n) is 9.69. The van der Waals surface area contributed by atoms with E-state index >= 15 is 0 Å². The fourth-order valence-corrected chi connectivity index (χ4v) is 3.38. The Morgan fingerprint density at radius 2 is 1.73 bits per heavy atom. The quantitative estimate of drug-likeness (QED) is 0.551. The first-order chi connectivity index (χ1) is 14.5. The summed E-state index contributed by atoms with van der Waals surface area (Å²) in [6.45, 7) is 4.06. The van der Waals surface area contributed by atoms with E-state index in [0.717, 1.165) is 5.56 Å². The highest BCUT2D eigenvalue weighted by atomic mass is 16.5. The Kier molecular flexibility index (Phi) is 5.29. The van der Waals surface area contributed by atoms with Crippen molar-refractivity contribution in [3.8, 4) is 22.5 Å². The van der Waals surface area contributed by atoms with Crippen LogP contribution in [0, 0.1) is 0 Å². The molecule has 3 aromatic heterocycles. The molecule has 30 heavy (non-hydrogen) atoms. The number of H-pyrrole nitrogens is 1. The molecular formula is C23H22N4O3. The van der Waals surface area contributed by atoms with Gasteiger partial charge in [0.2, 0.25) is 5.43 Å². The van der Waals surface area contributed by atoms with E-state index in [9.17, 15) is 9.59 Å². The minimum absolute atomic E-state index is 0.0113. The molecule has 0 saturated heterocycles. The smallest absolute Gasteiger partial charge is 0.250 e. The molecule has 152 valence electrons. The van der Waals surface area contributed by atoms with Gasteiger partial charge in [-0.15, -0.1) is 0 Å². The summed E-state index contributed by atoms with van der Waals surface area (Å²) < 4.78 is 6.76. The number of hydrogen-bond donors (Lipinski definition) is 1. The zero-order chi connectivity index (χ0) is 21.3. The lowest BCUT2D eigenvalue weighted by Crippen LogP contribution is -2.20. The van der Waals surface area contributed by atoms with Gasteiger partial charge in [-0.1, -0.05) is 30.3 Å². The molecule has 0 aliphatic carbocycles. The van der Waals surface area contributed by atoms with Crippen molar-refractivity contribution in [2.24, 2.45) is 0 Å². The van der Waals surface area contributed by atoms with E-state index in [2.05, 4.69) is 4.98 Å². The highest BCUT2D eigenvalue weighted by Crippen LogP contribution is 2.29. The van der Waals surface area contributed by atoms with Crippen LogP contribution >= 0.6 is 0 Å². The van der Waals surface area contributed by atoms with E-state index in [1.165, 1.54) is 13.2 Å². The second kappa shape index (κ2) is 8.04. The van der Waals surface area contributed by atoms with Gasteiger partial charge < -0.3 is 14.3 Å². The van der Waals surface area contributed by atoms with Gasteiger partial charge in [0.1, 0.15) is 0 Å². The van der Waals surface area contributed by atoms with E-state index in [1.807, 2.05) is 44.2 Å². The lowest BCUT2D eigenvalue weighted by atomic mass is 10.0. The van der Waals surface area contributed by atoms with Crippen molar-refractivity contribution in [3.63, 3.8) is 0 Å². The summed E-state index contributed by atoms with van der Waals surface area (Å²) in [6, 6.07) is 12.9. The summed E-state index contributed by atoms with van der Waals surface area (Å²) >= 11 is 0. The summed E-state index contributed by atoms with van der Waals surface area (Å²) in [5, 5.41) is 0. The zero-order valence-electron chi connectivity index (χ0n) is 17.0. The highest BCUT2D eigenvalue weighted by molar-refractivity contribution is 5.84. The maximum absolute atomic E-state index is 12.9. The lowest BCUT2D eigenvalue weighted by molar-refractivity contribution is 0.184. The largest absolute Gasteiger partial charge is 0.380 e. The number of aromatic nitrogens is 4. The molecule has 0 atom stereocenters. The molecule has 3 heterocycles. The Balaban J connectivity index is 2.05. The number of fused-ring (bicyclic) bond motifs is 1. The molecule has 1 N–H and O–H groups in total. The van der Waals surface area contributed by atoms with Crippen LogP contribution in [0.3, 0.4) is 0 Å². The number of benzene rings is 1. The van der Waals surface area contributed by atoms with Crippen LogP contribution in [0.5, 0.6) is 0 Å². The van der Waals surface area contributed by atoms with Crippen molar-refractivity contribution in [1.82, 2.24) is 19.5 Å². The van der Waals surface area contributed by atoms with Gasteiger partial charge in [0.15, 0.2) is 11.2 Å². The Bertz CT molecular complexity index is 1320. The summed E-state index contributed by atoms with van der Waals surface area (Å²) in [6.07, 6.45) is 3.37. The molecule has 0 radical (unpaired) electrons. The van der Waals surface area contributed by atoms with E-state index in [0.29, 0.717) is 28.2 Å². The molecule has 4 rings (SSSR count). The standard InChI is InChI=1S/C23H22N4O3/c1-14(2)27-12-16(9-10-18(27)28)20-19(15-7-5-4-6-8-15)26-23-21(25-20)22(29)17(11-24-23)13-30-3/h4-12,14H,13H2,1-3H3,(H,24,26,29). The molecule has 1 aromatic carbocycles. The van der Waals surface area contributed by atoms with Gasteiger partial charge in [0, 0.05) is 48.3 Å². The van der Waals surface area contributed by atoms with Crippen LogP contribution in [0.4, 0.5) is 0 Å². The number of ether oxygens (including phenoxy) is 1. The van der Waals surface area contributed by atoms with Crippen LogP contribution in [0.15, 0.2) is 64.4 Å². The second-order valence-corrected chi connectivity index (χ2v) is 7.32. The zero-order valence-corrected chi connectivity index (χ0v) is 17.0. The third-order valence-corrected chi connectivity index (χ3v) is 4.90. The molecule has 7 heteroatoms. The van der Waals surface area contributed by atoms with Crippen LogP contribution in [0.2, 0.25) is 0 Å². The maximum atomic E-state index is 12.9.